The molecule has 0 spiro atoms. The minimum atomic E-state index is 0.173. The van der Waals surface area contributed by atoms with E-state index >= 15 is 0 Å². The molecule has 0 aliphatic heterocycles. The highest BCUT2D eigenvalue weighted by Crippen LogP contribution is 2.17. The fourth-order valence-corrected chi connectivity index (χ4v) is 1.94. The summed E-state index contributed by atoms with van der Waals surface area (Å²) in [6.45, 7) is 10.5. The number of hydrogen-bond acceptors (Lipinski definition) is 1. The van der Waals surface area contributed by atoms with Crippen molar-refractivity contribution in [2.45, 2.75) is 65.8 Å². The molecule has 1 aromatic rings. The summed E-state index contributed by atoms with van der Waals surface area (Å²) in [7, 11) is 0. The van der Waals surface area contributed by atoms with Crippen molar-refractivity contribution in [3.8, 4) is 0 Å². The number of nitrogens with one attached hydrogen (secondary N) is 1. The highest BCUT2D eigenvalue weighted by molar-refractivity contribution is 5.21. The maximum Gasteiger partial charge on any atom is 0.270 e. The lowest BCUT2D eigenvalue weighted by molar-refractivity contribution is 0.508. The second-order valence-electron chi connectivity index (χ2n) is 5.03. The lowest BCUT2D eigenvalue weighted by Gasteiger charge is -2.06. The van der Waals surface area contributed by atoms with Crippen LogP contribution in [-0.4, -0.2) is 9.78 Å². The molecule has 1 aromatic heterocycles. The Morgan fingerprint density at radius 1 is 1.25 bits per heavy atom. The molecule has 0 aliphatic rings. The molecule has 0 saturated heterocycles. The van der Waals surface area contributed by atoms with Crippen molar-refractivity contribution in [3.63, 3.8) is 0 Å². The molecule has 0 radical (unpaired) electrons. The topological polar surface area (TPSA) is 37.8 Å². The lowest BCUT2D eigenvalue weighted by Crippen LogP contribution is -2.20. The predicted molar refractivity (Wildman–Crippen MR) is 68.1 cm³/mol. The van der Waals surface area contributed by atoms with Crippen molar-refractivity contribution in [2.24, 2.45) is 0 Å². The molecule has 0 aliphatic carbocycles. The standard InChI is InChI=1S/C13H24N2O/c1-6-7-8-11-12(9(2)3)14-15(10(4)5)13(11)16/h9-10,14H,6-8H2,1-5H3. The van der Waals surface area contributed by atoms with Crippen LogP contribution in [0.2, 0.25) is 0 Å². The van der Waals surface area contributed by atoms with Crippen LogP contribution in [0.1, 0.15) is 70.7 Å². The normalized spacial score (nSPS) is 11.7. The Morgan fingerprint density at radius 2 is 1.88 bits per heavy atom. The summed E-state index contributed by atoms with van der Waals surface area (Å²) >= 11 is 0. The van der Waals surface area contributed by atoms with Crippen molar-refractivity contribution in [2.75, 3.05) is 0 Å². The first-order valence-electron chi connectivity index (χ1n) is 6.32. The van der Waals surface area contributed by atoms with Gasteiger partial charge in [-0.3, -0.25) is 14.6 Å². The number of rotatable bonds is 5. The van der Waals surface area contributed by atoms with Crippen LogP contribution >= 0.6 is 0 Å². The largest absolute Gasteiger partial charge is 0.299 e. The predicted octanol–water partition coefficient (Wildman–Crippen LogP) is 3.22. The zero-order valence-corrected chi connectivity index (χ0v) is 11.1. The third kappa shape index (κ3) is 2.57. The Labute approximate surface area is 97.8 Å². The van der Waals surface area contributed by atoms with E-state index in [4.69, 9.17) is 0 Å². The van der Waals surface area contributed by atoms with E-state index in [2.05, 4.69) is 25.9 Å². The maximum absolute atomic E-state index is 12.2. The summed E-state index contributed by atoms with van der Waals surface area (Å²) in [5.41, 5.74) is 2.28. The minimum Gasteiger partial charge on any atom is -0.299 e. The molecule has 1 N–H and O–H groups in total. The molecule has 1 rings (SSSR count). The van der Waals surface area contributed by atoms with Crippen LogP contribution in [0.25, 0.3) is 0 Å². The van der Waals surface area contributed by atoms with Crippen LogP contribution in [0.15, 0.2) is 4.79 Å². The highest BCUT2D eigenvalue weighted by atomic mass is 16.1. The molecule has 0 saturated carbocycles. The molecule has 0 unspecified atom stereocenters. The van der Waals surface area contributed by atoms with E-state index in [1.54, 1.807) is 4.68 Å². The second kappa shape index (κ2) is 5.37. The van der Waals surface area contributed by atoms with Crippen LogP contribution in [-0.2, 0) is 6.42 Å². The van der Waals surface area contributed by atoms with E-state index in [0.29, 0.717) is 5.92 Å². The van der Waals surface area contributed by atoms with E-state index in [0.717, 1.165) is 30.5 Å². The Hall–Kier alpha value is -0.990. The highest BCUT2D eigenvalue weighted by Gasteiger charge is 2.17. The summed E-state index contributed by atoms with van der Waals surface area (Å²) in [6.07, 6.45) is 3.12. The SMILES string of the molecule is CCCCc1c(C(C)C)[nH]n(C(C)C)c1=O. The van der Waals surface area contributed by atoms with Gasteiger partial charge < -0.3 is 0 Å². The number of H-pyrrole nitrogens is 1. The fourth-order valence-electron chi connectivity index (χ4n) is 1.94. The summed E-state index contributed by atoms with van der Waals surface area (Å²) in [5, 5.41) is 3.26. The van der Waals surface area contributed by atoms with Crippen LogP contribution < -0.4 is 5.56 Å². The van der Waals surface area contributed by atoms with Crippen LogP contribution in [0.5, 0.6) is 0 Å². The van der Waals surface area contributed by atoms with Gasteiger partial charge in [0.25, 0.3) is 5.56 Å². The first-order valence-corrected chi connectivity index (χ1v) is 6.32. The van der Waals surface area contributed by atoms with Gasteiger partial charge in [0.15, 0.2) is 0 Å². The summed E-state index contributed by atoms with van der Waals surface area (Å²) in [6, 6.07) is 0.209. The molecule has 3 nitrogen and oxygen atoms in total. The van der Waals surface area contributed by atoms with E-state index in [9.17, 15) is 4.79 Å². The average Bonchev–Trinajstić information content (AvgIpc) is 2.53. The summed E-state index contributed by atoms with van der Waals surface area (Å²) in [4.78, 5) is 12.2. The van der Waals surface area contributed by atoms with Gasteiger partial charge in [-0.25, -0.2) is 0 Å². The number of unbranched alkanes of at least 4 members (excludes halogenated alkanes) is 1. The van der Waals surface area contributed by atoms with E-state index in [-0.39, 0.29) is 11.6 Å². The summed E-state index contributed by atoms with van der Waals surface area (Å²) in [5.74, 6) is 0.388. The maximum atomic E-state index is 12.2. The quantitative estimate of drug-likeness (QED) is 0.819. The van der Waals surface area contributed by atoms with Crippen LogP contribution in [0.3, 0.4) is 0 Å². The molecule has 0 bridgehead atoms. The van der Waals surface area contributed by atoms with Gasteiger partial charge in [0.1, 0.15) is 0 Å². The first kappa shape index (κ1) is 13.1. The second-order valence-corrected chi connectivity index (χ2v) is 5.03. The molecule has 16 heavy (non-hydrogen) atoms. The van der Waals surface area contributed by atoms with E-state index in [1.165, 1.54) is 0 Å². The van der Waals surface area contributed by atoms with Crippen molar-refractivity contribution >= 4 is 0 Å². The van der Waals surface area contributed by atoms with Crippen molar-refractivity contribution in [1.82, 2.24) is 9.78 Å². The van der Waals surface area contributed by atoms with Crippen molar-refractivity contribution in [3.05, 3.63) is 21.6 Å². The van der Waals surface area contributed by atoms with Gasteiger partial charge in [0.2, 0.25) is 0 Å². The Bertz CT molecular complexity index is 385. The van der Waals surface area contributed by atoms with Gasteiger partial charge >= 0.3 is 0 Å². The first-order chi connectivity index (χ1) is 7.49. The third-order valence-corrected chi connectivity index (χ3v) is 2.92. The molecule has 0 atom stereocenters. The van der Waals surface area contributed by atoms with Crippen molar-refractivity contribution < 1.29 is 0 Å². The molecular weight excluding hydrogens is 200 g/mol. The molecule has 0 aromatic carbocycles. The molecule has 0 fully saturated rings. The van der Waals surface area contributed by atoms with Gasteiger partial charge in [0.05, 0.1) is 0 Å². The average molecular weight is 224 g/mol. The lowest BCUT2D eigenvalue weighted by atomic mass is 10.0. The third-order valence-electron chi connectivity index (χ3n) is 2.92. The van der Waals surface area contributed by atoms with E-state index in [1.807, 2.05) is 13.8 Å². The Kier molecular flexibility index (Phi) is 4.39. The number of hydrogen-bond donors (Lipinski definition) is 1. The molecule has 3 heteroatoms. The zero-order chi connectivity index (χ0) is 12.3. The fraction of sp³-hybridized carbons (Fsp3) is 0.769. The smallest absolute Gasteiger partial charge is 0.270 e. The molecular formula is C13H24N2O. The van der Waals surface area contributed by atoms with Crippen LogP contribution in [0, 0.1) is 0 Å². The molecule has 0 amide bonds. The van der Waals surface area contributed by atoms with Gasteiger partial charge in [-0.2, -0.15) is 0 Å². The number of aromatic nitrogens is 2. The molecule has 92 valence electrons. The van der Waals surface area contributed by atoms with Gasteiger partial charge in [-0.05, 0) is 32.6 Å². The zero-order valence-electron chi connectivity index (χ0n) is 11.1. The molecule has 1 heterocycles. The van der Waals surface area contributed by atoms with Gasteiger partial charge in [-0.1, -0.05) is 27.2 Å². The summed E-state index contributed by atoms with van der Waals surface area (Å²) < 4.78 is 1.75. The van der Waals surface area contributed by atoms with Gasteiger partial charge in [0, 0.05) is 17.3 Å². The van der Waals surface area contributed by atoms with Gasteiger partial charge in [-0.15, -0.1) is 0 Å². The Morgan fingerprint density at radius 3 is 2.31 bits per heavy atom. The monoisotopic (exact) mass is 224 g/mol. The minimum absolute atomic E-state index is 0.173. The number of aromatic amines is 1. The van der Waals surface area contributed by atoms with Crippen molar-refractivity contribution in [1.29, 1.82) is 0 Å². The van der Waals surface area contributed by atoms with E-state index < -0.39 is 0 Å². The number of nitrogens with zero attached hydrogens (tertiary/aromatic N) is 1. The Balaban J connectivity index is 3.16. The van der Waals surface area contributed by atoms with Crippen LogP contribution in [0.4, 0.5) is 0 Å².